The Balaban J connectivity index is 1.98. The second-order valence-electron chi connectivity index (χ2n) is 4.70. The molecule has 0 radical (unpaired) electrons. The molecule has 1 atom stereocenters. The van der Waals surface area contributed by atoms with Gasteiger partial charge in [0, 0.05) is 30.5 Å². The van der Waals surface area contributed by atoms with Crippen LogP contribution in [0, 0.1) is 0 Å². The van der Waals surface area contributed by atoms with Crippen molar-refractivity contribution in [1.82, 2.24) is 15.3 Å². The normalized spacial score (nSPS) is 11.7. The van der Waals surface area contributed by atoms with Crippen LogP contribution < -0.4 is 15.8 Å². The highest BCUT2D eigenvalue weighted by molar-refractivity contribution is 5.94. The van der Waals surface area contributed by atoms with E-state index in [1.807, 2.05) is 6.92 Å². The van der Waals surface area contributed by atoms with Crippen molar-refractivity contribution in [2.75, 3.05) is 6.54 Å². The number of rotatable bonds is 6. The summed E-state index contributed by atoms with van der Waals surface area (Å²) in [6.45, 7) is 2.45. The lowest BCUT2D eigenvalue weighted by Gasteiger charge is -2.09. The Morgan fingerprint density at radius 1 is 1.43 bits per heavy atom. The molecule has 21 heavy (non-hydrogen) atoms. The molecule has 1 amide bonds. The highest BCUT2D eigenvalue weighted by atomic mass is 16.5. The van der Waals surface area contributed by atoms with E-state index in [0.717, 1.165) is 6.42 Å². The van der Waals surface area contributed by atoms with Crippen LogP contribution in [0.25, 0.3) is 0 Å². The summed E-state index contributed by atoms with van der Waals surface area (Å²) in [5.74, 6) is 0.766. The third-order valence-corrected chi connectivity index (χ3v) is 2.74. The number of nitrogens with one attached hydrogen (secondary N) is 1. The maximum Gasteiger partial charge on any atom is 0.251 e. The maximum absolute atomic E-state index is 12.0. The molecule has 1 aromatic heterocycles. The number of carbonyl (C=O) groups is 1. The molecule has 2 aromatic rings. The molecule has 1 aromatic carbocycles. The second kappa shape index (κ2) is 7.35. The Morgan fingerprint density at radius 3 is 3.00 bits per heavy atom. The molecule has 0 bridgehead atoms. The average Bonchev–Trinajstić information content (AvgIpc) is 2.48. The molecular formula is C15H18N4O2. The van der Waals surface area contributed by atoms with Crippen molar-refractivity contribution in [2.24, 2.45) is 5.73 Å². The van der Waals surface area contributed by atoms with Crippen LogP contribution in [0.1, 0.15) is 23.7 Å². The molecular weight excluding hydrogens is 268 g/mol. The summed E-state index contributed by atoms with van der Waals surface area (Å²) in [6.07, 6.45) is 5.35. The number of nitrogens with zero attached hydrogens (tertiary/aromatic N) is 2. The molecule has 0 aliphatic heterocycles. The average molecular weight is 286 g/mol. The van der Waals surface area contributed by atoms with Gasteiger partial charge in [0.2, 0.25) is 5.88 Å². The van der Waals surface area contributed by atoms with Crippen molar-refractivity contribution in [3.63, 3.8) is 0 Å². The van der Waals surface area contributed by atoms with Crippen molar-refractivity contribution >= 4 is 5.91 Å². The van der Waals surface area contributed by atoms with E-state index in [1.54, 1.807) is 36.7 Å². The number of hydrogen-bond acceptors (Lipinski definition) is 5. The van der Waals surface area contributed by atoms with Crippen LogP contribution in [-0.4, -0.2) is 28.5 Å². The van der Waals surface area contributed by atoms with Gasteiger partial charge in [-0.15, -0.1) is 0 Å². The molecule has 2 rings (SSSR count). The van der Waals surface area contributed by atoms with E-state index in [0.29, 0.717) is 23.7 Å². The van der Waals surface area contributed by atoms with Gasteiger partial charge in [-0.1, -0.05) is 6.07 Å². The molecule has 1 heterocycles. The first-order chi connectivity index (χ1) is 10.1. The van der Waals surface area contributed by atoms with Gasteiger partial charge in [0.25, 0.3) is 5.91 Å². The van der Waals surface area contributed by atoms with Crippen LogP contribution in [0.15, 0.2) is 42.9 Å². The van der Waals surface area contributed by atoms with E-state index in [2.05, 4.69) is 15.3 Å². The van der Waals surface area contributed by atoms with Crippen LogP contribution in [0.3, 0.4) is 0 Å². The predicted octanol–water partition coefficient (Wildman–Crippen LogP) is 1.74. The van der Waals surface area contributed by atoms with Gasteiger partial charge >= 0.3 is 0 Å². The Morgan fingerprint density at radius 2 is 2.29 bits per heavy atom. The summed E-state index contributed by atoms with van der Waals surface area (Å²) < 4.78 is 5.54. The monoisotopic (exact) mass is 286 g/mol. The summed E-state index contributed by atoms with van der Waals surface area (Å²) in [5.41, 5.74) is 6.17. The lowest BCUT2D eigenvalue weighted by atomic mass is 10.2. The number of amides is 1. The summed E-state index contributed by atoms with van der Waals surface area (Å²) in [5, 5.41) is 2.82. The van der Waals surface area contributed by atoms with Crippen LogP contribution in [-0.2, 0) is 0 Å². The van der Waals surface area contributed by atoms with Gasteiger partial charge in [-0.25, -0.2) is 4.98 Å². The first-order valence-electron chi connectivity index (χ1n) is 6.73. The molecule has 0 aliphatic carbocycles. The Hall–Kier alpha value is -2.47. The maximum atomic E-state index is 12.0. The highest BCUT2D eigenvalue weighted by Crippen LogP contribution is 2.19. The number of aromatic nitrogens is 2. The van der Waals surface area contributed by atoms with Crippen LogP contribution in [0.5, 0.6) is 11.6 Å². The fourth-order valence-corrected chi connectivity index (χ4v) is 1.68. The van der Waals surface area contributed by atoms with E-state index in [4.69, 9.17) is 10.5 Å². The Labute approximate surface area is 123 Å². The minimum Gasteiger partial charge on any atom is -0.437 e. The molecule has 1 unspecified atom stereocenters. The predicted molar refractivity (Wildman–Crippen MR) is 79.1 cm³/mol. The lowest BCUT2D eigenvalue weighted by molar-refractivity contribution is 0.0952. The molecule has 6 heteroatoms. The van der Waals surface area contributed by atoms with Gasteiger partial charge in [-0.05, 0) is 31.5 Å². The number of carbonyl (C=O) groups excluding carboxylic acids is 1. The summed E-state index contributed by atoms with van der Waals surface area (Å²) >= 11 is 0. The van der Waals surface area contributed by atoms with E-state index < -0.39 is 0 Å². The minimum absolute atomic E-state index is 0.0663. The Kier molecular flexibility index (Phi) is 5.22. The minimum atomic E-state index is -0.153. The van der Waals surface area contributed by atoms with Gasteiger partial charge in [0.05, 0.1) is 6.20 Å². The third-order valence-electron chi connectivity index (χ3n) is 2.74. The van der Waals surface area contributed by atoms with Crippen LogP contribution in [0.2, 0.25) is 0 Å². The second-order valence-corrected chi connectivity index (χ2v) is 4.70. The van der Waals surface area contributed by atoms with E-state index in [-0.39, 0.29) is 11.9 Å². The zero-order chi connectivity index (χ0) is 15.1. The van der Waals surface area contributed by atoms with Gasteiger partial charge in [0.1, 0.15) is 5.75 Å². The van der Waals surface area contributed by atoms with Gasteiger partial charge in [-0.3, -0.25) is 9.78 Å². The van der Waals surface area contributed by atoms with E-state index >= 15 is 0 Å². The van der Waals surface area contributed by atoms with Crippen molar-refractivity contribution in [2.45, 2.75) is 19.4 Å². The SMILES string of the molecule is CC(N)CCNC(=O)c1cccc(Oc2cnccn2)c1. The van der Waals surface area contributed by atoms with Gasteiger partial charge in [0.15, 0.2) is 0 Å². The largest absolute Gasteiger partial charge is 0.437 e. The highest BCUT2D eigenvalue weighted by Gasteiger charge is 2.07. The van der Waals surface area contributed by atoms with Crippen molar-refractivity contribution in [3.8, 4) is 11.6 Å². The molecule has 110 valence electrons. The standard InChI is InChI=1S/C15H18N4O2/c1-11(16)5-6-19-15(20)12-3-2-4-13(9-12)21-14-10-17-7-8-18-14/h2-4,7-11H,5-6,16H2,1H3,(H,19,20). The molecule has 0 saturated carbocycles. The summed E-state index contributed by atoms with van der Waals surface area (Å²) in [7, 11) is 0. The molecule has 0 fully saturated rings. The third kappa shape index (κ3) is 4.85. The topological polar surface area (TPSA) is 90.1 Å². The zero-order valence-electron chi connectivity index (χ0n) is 11.8. The number of benzene rings is 1. The van der Waals surface area contributed by atoms with Gasteiger partial charge in [-0.2, -0.15) is 0 Å². The van der Waals surface area contributed by atoms with Crippen LogP contribution in [0.4, 0.5) is 0 Å². The number of nitrogens with two attached hydrogens (primary N) is 1. The van der Waals surface area contributed by atoms with Crippen molar-refractivity contribution in [3.05, 3.63) is 48.4 Å². The van der Waals surface area contributed by atoms with Crippen LogP contribution >= 0.6 is 0 Å². The molecule has 0 spiro atoms. The molecule has 6 nitrogen and oxygen atoms in total. The Bertz CT molecular complexity index is 587. The number of hydrogen-bond donors (Lipinski definition) is 2. The first kappa shape index (κ1) is 14.9. The number of ether oxygens (including phenoxy) is 1. The summed E-state index contributed by atoms with van der Waals surface area (Å²) in [6, 6.07) is 6.97. The lowest BCUT2D eigenvalue weighted by Crippen LogP contribution is -2.28. The smallest absolute Gasteiger partial charge is 0.251 e. The first-order valence-corrected chi connectivity index (χ1v) is 6.73. The quantitative estimate of drug-likeness (QED) is 0.844. The fourth-order valence-electron chi connectivity index (χ4n) is 1.68. The fraction of sp³-hybridized carbons (Fsp3) is 0.267. The molecule has 0 aliphatic rings. The zero-order valence-corrected chi connectivity index (χ0v) is 11.8. The van der Waals surface area contributed by atoms with Crippen molar-refractivity contribution in [1.29, 1.82) is 0 Å². The summed E-state index contributed by atoms with van der Waals surface area (Å²) in [4.78, 5) is 19.9. The van der Waals surface area contributed by atoms with E-state index in [9.17, 15) is 4.79 Å². The molecule has 0 saturated heterocycles. The molecule has 3 N–H and O–H groups in total. The van der Waals surface area contributed by atoms with E-state index in [1.165, 1.54) is 6.20 Å². The van der Waals surface area contributed by atoms with Gasteiger partial charge < -0.3 is 15.8 Å². The van der Waals surface area contributed by atoms with Crippen molar-refractivity contribution < 1.29 is 9.53 Å².